The van der Waals surface area contributed by atoms with E-state index in [4.69, 9.17) is 11.5 Å². The highest BCUT2D eigenvalue weighted by molar-refractivity contribution is 5.66. The van der Waals surface area contributed by atoms with E-state index in [0.29, 0.717) is 6.42 Å². The number of carboxylic acid groups (broad SMARTS) is 1. The number of piperazine rings is 1. The van der Waals surface area contributed by atoms with E-state index >= 15 is 0 Å². The zero-order valence-electron chi connectivity index (χ0n) is 11.8. The quantitative estimate of drug-likeness (QED) is 0.509. The van der Waals surface area contributed by atoms with Crippen molar-refractivity contribution in [1.29, 1.82) is 0 Å². The summed E-state index contributed by atoms with van der Waals surface area (Å²) in [5.74, 6) is 2.00. The molecular formula is C15H26N2O2. The Hall–Kier alpha value is -1.05. The highest BCUT2D eigenvalue weighted by Gasteiger charge is 2.15. The summed E-state index contributed by atoms with van der Waals surface area (Å²) in [6.45, 7) is 6.70. The van der Waals surface area contributed by atoms with Gasteiger partial charge in [0, 0.05) is 39.0 Å². The van der Waals surface area contributed by atoms with Crippen LogP contribution >= 0.6 is 0 Å². The van der Waals surface area contributed by atoms with Crippen molar-refractivity contribution in [2.75, 3.05) is 39.3 Å². The van der Waals surface area contributed by atoms with Crippen LogP contribution < -0.4 is 0 Å². The van der Waals surface area contributed by atoms with Gasteiger partial charge in [-0.15, -0.1) is 12.3 Å². The van der Waals surface area contributed by atoms with Gasteiger partial charge in [0.15, 0.2) is 0 Å². The van der Waals surface area contributed by atoms with Crippen LogP contribution in [0.25, 0.3) is 0 Å². The van der Waals surface area contributed by atoms with Gasteiger partial charge in [-0.05, 0) is 38.8 Å². The van der Waals surface area contributed by atoms with Crippen molar-refractivity contribution in [1.82, 2.24) is 9.80 Å². The van der Waals surface area contributed by atoms with Gasteiger partial charge in [-0.2, -0.15) is 0 Å². The third-order valence-corrected chi connectivity index (χ3v) is 3.63. The molecule has 0 aliphatic carbocycles. The Balaban J connectivity index is 1.99. The summed E-state index contributed by atoms with van der Waals surface area (Å²) >= 11 is 0. The molecular weight excluding hydrogens is 240 g/mol. The molecule has 108 valence electrons. The van der Waals surface area contributed by atoms with Gasteiger partial charge in [-0.1, -0.05) is 0 Å². The molecule has 1 aliphatic rings. The fourth-order valence-electron chi connectivity index (χ4n) is 2.41. The van der Waals surface area contributed by atoms with Crippen LogP contribution in [-0.2, 0) is 4.79 Å². The van der Waals surface area contributed by atoms with Crippen LogP contribution in [0, 0.1) is 12.3 Å². The van der Waals surface area contributed by atoms with Crippen LogP contribution in [0.15, 0.2) is 0 Å². The van der Waals surface area contributed by atoms with Crippen LogP contribution in [0.1, 0.15) is 38.5 Å². The molecule has 0 unspecified atom stereocenters. The minimum Gasteiger partial charge on any atom is -0.481 e. The average Bonchev–Trinajstić information content (AvgIpc) is 2.41. The summed E-state index contributed by atoms with van der Waals surface area (Å²) in [6, 6.07) is 0. The SMILES string of the molecule is C#CCCCCN1CCN(CCCCC(=O)O)CC1. The molecule has 1 heterocycles. The van der Waals surface area contributed by atoms with Gasteiger partial charge in [0.1, 0.15) is 0 Å². The number of hydrogen-bond acceptors (Lipinski definition) is 3. The number of nitrogens with zero attached hydrogens (tertiary/aromatic N) is 2. The number of aliphatic carboxylic acids is 1. The predicted octanol–water partition coefficient (Wildman–Crippen LogP) is 1.66. The van der Waals surface area contributed by atoms with Gasteiger partial charge in [0.25, 0.3) is 0 Å². The van der Waals surface area contributed by atoms with Crippen LogP contribution in [0.3, 0.4) is 0 Å². The zero-order valence-corrected chi connectivity index (χ0v) is 11.8. The first kappa shape index (κ1) is 16.0. The van der Waals surface area contributed by atoms with E-state index in [2.05, 4.69) is 15.7 Å². The third-order valence-electron chi connectivity index (χ3n) is 3.63. The van der Waals surface area contributed by atoms with E-state index in [0.717, 1.165) is 65.0 Å². The molecule has 0 aromatic heterocycles. The highest BCUT2D eigenvalue weighted by atomic mass is 16.4. The topological polar surface area (TPSA) is 43.8 Å². The molecule has 0 spiro atoms. The van der Waals surface area contributed by atoms with Crippen molar-refractivity contribution in [2.24, 2.45) is 0 Å². The van der Waals surface area contributed by atoms with Gasteiger partial charge in [-0.25, -0.2) is 0 Å². The monoisotopic (exact) mass is 266 g/mol. The maximum atomic E-state index is 10.4. The van der Waals surface area contributed by atoms with E-state index in [1.54, 1.807) is 0 Å². The summed E-state index contributed by atoms with van der Waals surface area (Å²) in [5.41, 5.74) is 0. The molecule has 1 saturated heterocycles. The first-order valence-corrected chi connectivity index (χ1v) is 7.32. The van der Waals surface area contributed by atoms with Gasteiger partial charge in [0.05, 0.1) is 0 Å². The van der Waals surface area contributed by atoms with E-state index in [1.165, 1.54) is 6.42 Å². The van der Waals surface area contributed by atoms with Crippen molar-refractivity contribution < 1.29 is 9.90 Å². The second-order valence-corrected chi connectivity index (χ2v) is 5.20. The van der Waals surface area contributed by atoms with E-state index in [9.17, 15) is 4.79 Å². The first-order chi connectivity index (χ1) is 9.22. The predicted molar refractivity (Wildman–Crippen MR) is 77.1 cm³/mol. The minimum absolute atomic E-state index is 0.301. The Kier molecular flexibility index (Phi) is 8.28. The molecule has 4 nitrogen and oxygen atoms in total. The zero-order chi connectivity index (χ0) is 13.9. The molecule has 1 N–H and O–H groups in total. The second kappa shape index (κ2) is 9.82. The van der Waals surface area contributed by atoms with Gasteiger partial charge < -0.3 is 14.9 Å². The molecule has 0 atom stereocenters. The molecule has 0 amide bonds. The number of carbonyl (C=O) groups is 1. The van der Waals surface area contributed by atoms with E-state index in [1.807, 2.05) is 0 Å². The molecule has 0 aromatic carbocycles. The molecule has 0 bridgehead atoms. The molecule has 0 aromatic rings. The second-order valence-electron chi connectivity index (χ2n) is 5.20. The van der Waals surface area contributed by atoms with Crippen LogP contribution in [0.5, 0.6) is 0 Å². The van der Waals surface area contributed by atoms with Crippen molar-refractivity contribution in [3.8, 4) is 12.3 Å². The van der Waals surface area contributed by atoms with E-state index < -0.39 is 5.97 Å². The lowest BCUT2D eigenvalue weighted by atomic mass is 10.2. The summed E-state index contributed by atoms with van der Waals surface area (Å²) in [7, 11) is 0. The smallest absolute Gasteiger partial charge is 0.303 e. The molecule has 19 heavy (non-hydrogen) atoms. The summed E-state index contributed by atoms with van der Waals surface area (Å²) in [5, 5.41) is 8.57. The molecule has 0 saturated carbocycles. The molecule has 1 aliphatic heterocycles. The van der Waals surface area contributed by atoms with Gasteiger partial charge in [0.2, 0.25) is 0 Å². The highest BCUT2D eigenvalue weighted by Crippen LogP contribution is 2.06. The summed E-state index contributed by atoms with van der Waals surface area (Å²) in [6.07, 6.45) is 10.5. The lowest BCUT2D eigenvalue weighted by molar-refractivity contribution is -0.137. The normalized spacial score (nSPS) is 17.2. The van der Waals surface area contributed by atoms with Crippen LogP contribution in [0.2, 0.25) is 0 Å². The number of unbranched alkanes of at least 4 members (excludes halogenated alkanes) is 3. The number of terminal acetylenes is 1. The Morgan fingerprint density at radius 1 is 1.00 bits per heavy atom. The number of hydrogen-bond donors (Lipinski definition) is 1. The Labute approximate surface area is 116 Å². The maximum Gasteiger partial charge on any atom is 0.303 e. The fourth-order valence-corrected chi connectivity index (χ4v) is 2.41. The lowest BCUT2D eigenvalue weighted by Gasteiger charge is -2.34. The summed E-state index contributed by atoms with van der Waals surface area (Å²) < 4.78 is 0. The van der Waals surface area contributed by atoms with Gasteiger partial charge in [-0.3, -0.25) is 4.79 Å². The van der Waals surface area contributed by atoms with Crippen molar-refractivity contribution in [3.05, 3.63) is 0 Å². The average molecular weight is 266 g/mol. The van der Waals surface area contributed by atoms with Crippen molar-refractivity contribution in [2.45, 2.75) is 38.5 Å². The standard InChI is InChI=1S/C15H26N2O2/c1-2-3-4-6-9-16-11-13-17(14-12-16)10-7-5-8-15(18)19/h1H,3-14H2,(H,18,19). The molecule has 0 radical (unpaired) electrons. The van der Waals surface area contributed by atoms with Gasteiger partial charge >= 0.3 is 5.97 Å². The molecule has 1 rings (SSSR count). The van der Waals surface area contributed by atoms with Crippen LogP contribution in [-0.4, -0.2) is 60.1 Å². The largest absolute Gasteiger partial charge is 0.481 e. The lowest BCUT2D eigenvalue weighted by Crippen LogP contribution is -2.46. The third kappa shape index (κ3) is 7.86. The molecule has 4 heteroatoms. The maximum absolute atomic E-state index is 10.4. The van der Waals surface area contributed by atoms with Crippen molar-refractivity contribution in [3.63, 3.8) is 0 Å². The van der Waals surface area contributed by atoms with E-state index in [-0.39, 0.29) is 0 Å². The fraction of sp³-hybridized carbons (Fsp3) is 0.800. The minimum atomic E-state index is -0.684. The number of rotatable bonds is 9. The van der Waals surface area contributed by atoms with Crippen LogP contribution in [0.4, 0.5) is 0 Å². The first-order valence-electron chi connectivity index (χ1n) is 7.32. The Morgan fingerprint density at radius 2 is 1.53 bits per heavy atom. The van der Waals surface area contributed by atoms with Crippen molar-refractivity contribution >= 4 is 5.97 Å². The summed E-state index contributed by atoms with van der Waals surface area (Å²) in [4.78, 5) is 15.4. The molecule has 1 fully saturated rings. The Bertz CT molecular complexity index is 291. The number of carboxylic acids is 1. The Morgan fingerprint density at radius 3 is 2.00 bits per heavy atom.